The van der Waals surface area contributed by atoms with Crippen molar-refractivity contribution in [1.29, 1.82) is 0 Å². The van der Waals surface area contributed by atoms with E-state index in [1.165, 1.54) is 19.4 Å². The van der Waals surface area contributed by atoms with E-state index in [0.717, 1.165) is 7.11 Å². The van der Waals surface area contributed by atoms with Crippen LogP contribution >= 0.6 is 0 Å². The average molecular weight is 214 g/mol. The van der Waals surface area contributed by atoms with Crippen LogP contribution in [0, 0.1) is 0 Å². The van der Waals surface area contributed by atoms with Gasteiger partial charge in [0.05, 0.1) is 20.5 Å². The number of carbonyl (C=O) groups is 2. The Morgan fingerprint density at radius 3 is 2.53 bits per heavy atom. The number of rotatable bonds is 3. The maximum absolute atomic E-state index is 11.2. The molecule has 1 aromatic heterocycles. The Labute approximate surface area is 85.7 Å². The lowest BCUT2D eigenvalue weighted by Crippen LogP contribution is -2.20. The fourth-order valence-electron chi connectivity index (χ4n) is 0.914. The van der Waals surface area contributed by atoms with E-state index in [9.17, 15) is 9.59 Å². The molecule has 0 saturated carbocycles. The van der Waals surface area contributed by atoms with Crippen LogP contribution < -0.4 is 0 Å². The van der Waals surface area contributed by atoms with Gasteiger partial charge in [0, 0.05) is 0 Å². The predicted octanol–water partition coefficient (Wildman–Crippen LogP) is 1.28. The molecule has 1 atom stereocenters. The van der Waals surface area contributed by atoms with E-state index >= 15 is 0 Å². The maximum atomic E-state index is 11.2. The Morgan fingerprint density at radius 1 is 1.33 bits per heavy atom. The van der Waals surface area contributed by atoms with Crippen molar-refractivity contribution in [2.75, 3.05) is 14.2 Å². The topological polar surface area (TPSA) is 75.0 Å². The second-order valence-corrected chi connectivity index (χ2v) is 2.49. The number of carbonyl (C=O) groups excluding carboxylic acids is 2. The average Bonchev–Trinajstić information content (AvgIpc) is 2.77. The molecule has 0 saturated heterocycles. The summed E-state index contributed by atoms with van der Waals surface area (Å²) in [6.45, 7) is 0. The Bertz CT molecular complexity index is 328. The fourth-order valence-corrected chi connectivity index (χ4v) is 0.914. The smallest absolute Gasteiger partial charge is 0.466 e. The first-order valence-corrected chi connectivity index (χ1v) is 4.05. The van der Waals surface area contributed by atoms with Gasteiger partial charge in [-0.1, -0.05) is 0 Å². The van der Waals surface area contributed by atoms with Crippen molar-refractivity contribution in [3.8, 4) is 0 Å². The highest BCUT2D eigenvalue weighted by atomic mass is 16.7. The normalized spacial score (nSPS) is 11.6. The third-order valence-electron chi connectivity index (χ3n) is 1.60. The van der Waals surface area contributed by atoms with Crippen LogP contribution in [0.4, 0.5) is 4.79 Å². The maximum Gasteiger partial charge on any atom is 0.509 e. The summed E-state index contributed by atoms with van der Waals surface area (Å²) in [6.07, 6.45) is -0.870. The van der Waals surface area contributed by atoms with Crippen LogP contribution in [0.25, 0.3) is 0 Å². The van der Waals surface area contributed by atoms with Crippen molar-refractivity contribution < 1.29 is 28.2 Å². The van der Waals surface area contributed by atoms with E-state index in [-0.39, 0.29) is 5.76 Å². The summed E-state index contributed by atoms with van der Waals surface area (Å²) in [5.41, 5.74) is 0. The van der Waals surface area contributed by atoms with E-state index in [1.807, 2.05) is 0 Å². The standard InChI is InChI=1S/C9H10O6/c1-12-8(10)7(15-9(11)13-2)6-4-3-5-14-6/h3-5,7H,1-2H3/t7-/m1/s1. The van der Waals surface area contributed by atoms with Gasteiger partial charge in [-0.25, -0.2) is 9.59 Å². The van der Waals surface area contributed by atoms with Crippen LogP contribution in [0.1, 0.15) is 11.9 Å². The Morgan fingerprint density at radius 2 is 2.07 bits per heavy atom. The largest absolute Gasteiger partial charge is 0.509 e. The van der Waals surface area contributed by atoms with E-state index in [2.05, 4.69) is 14.2 Å². The van der Waals surface area contributed by atoms with Gasteiger partial charge in [-0.3, -0.25) is 0 Å². The molecule has 0 radical (unpaired) electrons. The molecule has 0 unspecified atom stereocenters. The van der Waals surface area contributed by atoms with Gasteiger partial charge in [-0.2, -0.15) is 0 Å². The molecule has 0 aliphatic carbocycles. The highest BCUT2D eigenvalue weighted by Gasteiger charge is 2.28. The lowest BCUT2D eigenvalue weighted by atomic mass is 10.3. The van der Waals surface area contributed by atoms with Crippen molar-refractivity contribution >= 4 is 12.1 Å². The summed E-state index contributed by atoms with van der Waals surface area (Å²) in [7, 11) is 2.32. The molecule has 82 valence electrons. The number of furan rings is 1. The van der Waals surface area contributed by atoms with Gasteiger partial charge in [-0.15, -0.1) is 0 Å². The Hall–Kier alpha value is -1.98. The summed E-state index contributed by atoms with van der Waals surface area (Å²) in [5, 5.41) is 0. The van der Waals surface area contributed by atoms with E-state index in [4.69, 9.17) is 4.42 Å². The molecular weight excluding hydrogens is 204 g/mol. The molecule has 0 aliphatic heterocycles. The first-order valence-electron chi connectivity index (χ1n) is 4.05. The molecule has 0 fully saturated rings. The van der Waals surface area contributed by atoms with Crippen LogP contribution in [0.3, 0.4) is 0 Å². The SMILES string of the molecule is COC(=O)O[C@@H](C(=O)OC)c1ccco1. The summed E-state index contributed by atoms with van der Waals surface area (Å²) >= 11 is 0. The molecule has 6 heteroatoms. The minimum atomic E-state index is -1.24. The zero-order valence-electron chi connectivity index (χ0n) is 8.26. The summed E-state index contributed by atoms with van der Waals surface area (Å²) in [6, 6.07) is 3.05. The third-order valence-corrected chi connectivity index (χ3v) is 1.60. The van der Waals surface area contributed by atoms with Gasteiger partial charge in [0.15, 0.2) is 5.76 Å². The zero-order chi connectivity index (χ0) is 11.3. The first-order chi connectivity index (χ1) is 7.19. The number of esters is 1. The Balaban J connectivity index is 2.79. The molecule has 0 aromatic carbocycles. The molecule has 0 spiro atoms. The van der Waals surface area contributed by atoms with Gasteiger partial charge in [0.1, 0.15) is 0 Å². The highest BCUT2D eigenvalue weighted by Crippen LogP contribution is 2.19. The van der Waals surface area contributed by atoms with E-state index < -0.39 is 18.2 Å². The quantitative estimate of drug-likeness (QED) is 0.705. The second-order valence-electron chi connectivity index (χ2n) is 2.49. The minimum absolute atomic E-state index is 0.173. The number of ether oxygens (including phenoxy) is 3. The van der Waals surface area contributed by atoms with Gasteiger partial charge >= 0.3 is 12.1 Å². The summed E-state index contributed by atoms with van der Waals surface area (Å²) in [5.74, 6) is -0.567. The second kappa shape index (κ2) is 5.04. The van der Waals surface area contributed by atoms with Crippen molar-refractivity contribution in [2.45, 2.75) is 6.10 Å². The lowest BCUT2D eigenvalue weighted by molar-refractivity contribution is -0.153. The summed E-state index contributed by atoms with van der Waals surface area (Å²) < 4.78 is 18.3. The molecule has 1 aromatic rings. The number of hydrogen-bond acceptors (Lipinski definition) is 6. The van der Waals surface area contributed by atoms with Gasteiger partial charge in [0.2, 0.25) is 0 Å². The van der Waals surface area contributed by atoms with Crippen LogP contribution in [0.2, 0.25) is 0 Å². The fraction of sp³-hybridized carbons (Fsp3) is 0.333. The van der Waals surface area contributed by atoms with Crippen molar-refractivity contribution in [3.05, 3.63) is 24.2 Å². The van der Waals surface area contributed by atoms with Gasteiger partial charge in [0.25, 0.3) is 6.10 Å². The molecule has 1 heterocycles. The molecule has 0 aliphatic rings. The lowest BCUT2D eigenvalue weighted by Gasteiger charge is -2.11. The molecule has 1 rings (SSSR count). The van der Waals surface area contributed by atoms with Crippen LogP contribution in [0.15, 0.2) is 22.8 Å². The molecule has 15 heavy (non-hydrogen) atoms. The van der Waals surface area contributed by atoms with Crippen molar-refractivity contribution in [3.63, 3.8) is 0 Å². The molecular formula is C9H10O6. The first kappa shape index (κ1) is 11.1. The predicted molar refractivity (Wildman–Crippen MR) is 47.0 cm³/mol. The zero-order valence-corrected chi connectivity index (χ0v) is 8.26. The van der Waals surface area contributed by atoms with Crippen LogP contribution in [-0.4, -0.2) is 26.3 Å². The molecule has 0 N–H and O–H groups in total. The number of hydrogen-bond donors (Lipinski definition) is 0. The van der Waals surface area contributed by atoms with Gasteiger partial charge in [-0.05, 0) is 12.1 Å². The van der Waals surface area contributed by atoms with Gasteiger partial charge < -0.3 is 18.6 Å². The third kappa shape index (κ3) is 2.73. The number of methoxy groups -OCH3 is 2. The molecule has 0 bridgehead atoms. The van der Waals surface area contributed by atoms with Crippen molar-refractivity contribution in [2.24, 2.45) is 0 Å². The molecule has 6 nitrogen and oxygen atoms in total. The van der Waals surface area contributed by atoms with Crippen molar-refractivity contribution in [1.82, 2.24) is 0 Å². The van der Waals surface area contributed by atoms with Crippen LogP contribution in [-0.2, 0) is 19.0 Å². The Kier molecular flexibility index (Phi) is 3.73. The van der Waals surface area contributed by atoms with E-state index in [1.54, 1.807) is 6.07 Å². The van der Waals surface area contributed by atoms with Crippen LogP contribution in [0.5, 0.6) is 0 Å². The monoisotopic (exact) mass is 214 g/mol. The van der Waals surface area contributed by atoms with E-state index in [0.29, 0.717) is 0 Å². The minimum Gasteiger partial charge on any atom is -0.466 e. The molecule has 0 amide bonds. The highest BCUT2D eigenvalue weighted by molar-refractivity contribution is 5.78. The summed E-state index contributed by atoms with van der Waals surface area (Å²) in [4.78, 5) is 22.1.